The van der Waals surface area contributed by atoms with Crippen LogP contribution in [-0.2, 0) is 16.0 Å². The predicted molar refractivity (Wildman–Crippen MR) is 108 cm³/mol. The van der Waals surface area contributed by atoms with Gasteiger partial charge in [-0.2, -0.15) is 0 Å². The van der Waals surface area contributed by atoms with E-state index >= 15 is 0 Å². The molecule has 0 spiro atoms. The summed E-state index contributed by atoms with van der Waals surface area (Å²) < 4.78 is 0. The standard InChI is InChI=1S/C21H32N4O2/c1-2-18-8-4-5-9-19(18)22-20(26)16-24-12-14-25(15-13-24)21(27)17-23-10-6-3-7-11-23/h4-5,8-9H,2-3,6-7,10-17H2,1H3,(H,22,26). The van der Waals surface area contributed by atoms with E-state index < -0.39 is 0 Å². The van der Waals surface area contributed by atoms with E-state index in [4.69, 9.17) is 0 Å². The molecule has 0 atom stereocenters. The van der Waals surface area contributed by atoms with Gasteiger partial charge in [0, 0.05) is 31.9 Å². The molecule has 1 N–H and O–H groups in total. The van der Waals surface area contributed by atoms with Crippen LogP contribution in [0.25, 0.3) is 0 Å². The zero-order valence-corrected chi connectivity index (χ0v) is 16.5. The fraction of sp³-hybridized carbons (Fsp3) is 0.619. The maximum absolute atomic E-state index is 12.5. The fourth-order valence-electron chi connectivity index (χ4n) is 3.91. The van der Waals surface area contributed by atoms with E-state index in [2.05, 4.69) is 22.0 Å². The van der Waals surface area contributed by atoms with Gasteiger partial charge in [-0.3, -0.25) is 19.4 Å². The van der Waals surface area contributed by atoms with E-state index in [0.717, 1.165) is 43.9 Å². The monoisotopic (exact) mass is 372 g/mol. The van der Waals surface area contributed by atoms with Crippen LogP contribution in [0, 0.1) is 0 Å². The van der Waals surface area contributed by atoms with E-state index in [1.54, 1.807) is 0 Å². The number of carbonyl (C=O) groups is 2. The van der Waals surface area contributed by atoms with Crippen molar-refractivity contribution in [2.45, 2.75) is 32.6 Å². The molecule has 0 aliphatic carbocycles. The van der Waals surface area contributed by atoms with E-state index in [-0.39, 0.29) is 11.8 Å². The van der Waals surface area contributed by atoms with Gasteiger partial charge in [-0.25, -0.2) is 0 Å². The Hall–Kier alpha value is -1.92. The highest BCUT2D eigenvalue weighted by Crippen LogP contribution is 2.15. The number of hydrogen-bond acceptors (Lipinski definition) is 4. The van der Waals surface area contributed by atoms with Crippen molar-refractivity contribution in [1.82, 2.24) is 14.7 Å². The Morgan fingerprint density at radius 3 is 2.26 bits per heavy atom. The minimum Gasteiger partial charge on any atom is -0.339 e. The van der Waals surface area contributed by atoms with Gasteiger partial charge < -0.3 is 10.2 Å². The van der Waals surface area contributed by atoms with Gasteiger partial charge in [-0.05, 0) is 44.0 Å². The molecule has 3 rings (SSSR count). The van der Waals surface area contributed by atoms with Crippen molar-refractivity contribution in [2.24, 2.45) is 0 Å². The SMILES string of the molecule is CCc1ccccc1NC(=O)CN1CCN(C(=O)CN2CCCCC2)CC1. The van der Waals surface area contributed by atoms with Gasteiger partial charge in [0.2, 0.25) is 11.8 Å². The number of likely N-dealkylation sites (tertiary alicyclic amines) is 1. The maximum atomic E-state index is 12.5. The third-order valence-corrected chi connectivity index (χ3v) is 5.57. The predicted octanol–water partition coefficient (Wildman–Crippen LogP) is 1.82. The molecule has 2 aliphatic rings. The molecule has 1 aromatic rings. The number of rotatable bonds is 6. The lowest BCUT2D eigenvalue weighted by atomic mass is 10.1. The summed E-state index contributed by atoms with van der Waals surface area (Å²) in [6, 6.07) is 7.94. The lowest BCUT2D eigenvalue weighted by molar-refractivity contribution is -0.134. The van der Waals surface area contributed by atoms with Crippen LogP contribution < -0.4 is 5.32 Å². The molecular weight excluding hydrogens is 340 g/mol. The average Bonchev–Trinajstić information content (AvgIpc) is 2.69. The number of nitrogens with one attached hydrogen (secondary N) is 1. The molecular formula is C21H32N4O2. The summed E-state index contributed by atoms with van der Waals surface area (Å²) in [6.07, 6.45) is 4.59. The molecule has 0 unspecified atom stereocenters. The minimum atomic E-state index is 0.0176. The first-order chi connectivity index (χ1) is 13.2. The summed E-state index contributed by atoms with van der Waals surface area (Å²) >= 11 is 0. The Morgan fingerprint density at radius 2 is 1.56 bits per heavy atom. The number of benzene rings is 1. The van der Waals surface area contributed by atoms with Crippen molar-refractivity contribution in [2.75, 3.05) is 57.7 Å². The fourth-order valence-corrected chi connectivity index (χ4v) is 3.91. The minimum absolute atomic E-state index is 0.0176. The highest BCUT2D eigenvalue weighted by atomic mass is 16.2. The highest BCUT2D eigenvalue weighted by Gasteiger charge is 2.24. The van der Waals surface area contributed by atoms with Crippen LogP contribution in [0.1, 0.15) is 31.7 Å². The smallest absolute Gasteiger partial charge is 0.238 e. The highest BCUT2D eigenvalue weighted by molar-refractivity contribution is 5.93. The Balaban J connectivity index is 1.41. The molecule has 2 aliphatic heterocycles. The van der Waals surface area contributed by atoms with Gasteiger partial charge in [0.25, 0.3) is 0 Å². The van der Waals surface area contributed by atoms with Crippen molar-refractivity contribution in [3.05, 3.63) is 29.8 Å². The molecule has 0 aromatic heterocycles. The van der Waals surface area contributed by atoms with Crippen LogP contribution in [0.5, 0.6) is 0 Å². The number of amides is 2. The summed E-state index contributed by atoms with van der Waals surface area (Å²) in [5.74, 6) is 0.252. The van der Waals surface area contributed by atoms with Crippen molar-refractivity contribution in [1.29, 1.82) is 0 Å². The number of piperidine rings is 1. The van der Waals surface area contributed by atoms with E-state index in [1.165, 1.54) is 19.3 Å². The van der Waals surface area contributed by atoms with Crippen molar-refractivity contribution in [3.63, 3.8) is 0 Å². The third-order valence-electron chi connectivity index (χ3n) is 5.57. The van der Waals surface area contributed by atoms with Crippen LogP contribution in [0.4, 0.5) is 5.69 Å². The van der Waals surface area contributed by atoms with Crippen molar-refractivity contribution < 1.29 is 9.59 Å². The van der Waals surface area contributed by atoms with Gasteiger partial charge in [0.1, 0.15) is 0 Å². The van der Waals surface area contributed by atoms with Crippen LogP contribution in [0.2, 0.25) is 0 Å². The van der Waals surface area contributed by atoms with E-state index in [0.29, 0.717) is 26.2 Å². The zero-order valence-electron chi connectivity index (χ0n) is 16.5. The maximum Gasteiger partial charge on any atom is 0.238 e. The second kappa shape index (κ2) is 9.85. The van der Waals surface area contributed by atoms with E-state index in [9.17, 15) is 9.59 Å². The molecule has 2 amide bonds. The van der Waals surface area contributed by atoms with Gasteiger partial charge >= 0.3 is 0 Å². The number of hydrogen-bond donors (Lipinski definition) is 1. The summed E-state index contributed by atoms with van der Waals surface area (Å²) in [4.78, 5) is 31.2. The molecule has 2 saturated heterocycles. The number of nitrogens with zero attached hydrogens (tertiary/aromatic N) is 3. The quantitative estimate of drug-likeness (QED) is 0.828. The molecule has 148 valence electrons. The zero-order chi connectivity index (χ0) is 19.1. The Kier molecular flexibility index (Phi) is 7.24. The van der Waals surface area contributed by atoms with Gasteiger partial charge in [0.15, 0.2) is 0 Å². The third kappa shape index (κ3) is 5.78. The van der Waals surface area contributed by atoms with Crippen LogP contribution in [-0.4, -0.2) is 78.9 Å². The van der Waals surface area contributed by atoms with Crippen LogP contribution in [0.3, 0.4) is 0 Å². The lowest BCUT2D eigenvalue weighted by Crippen LogP contribution is -2.52. The number of anilines is 1. The summed E-state index contributed by atoms with van der Waals surface area (Å²) in [5.41, 5.74) is 2.05. The Morgan fingerprint density at radius 1 is 0.889 bits per heavy atom. The van der Waals surface area contributed by atoms with Crippen LogP contribution >= 0.6 is 0 Å². The Labute approximate surface area is 162 Å². The normalized spacial score (nSPS) is 19.1. The summed E-state index contributed by atoms with van der Waals surface area (Å²) in [6.45, 7) is 8.06. The molecule has 0 radical (unpaired) electrons. The summed E-state index contributed by atoms with van der Waals surface area (Å²) in [5, 5.41) is 3.03. The van der Waals surface area contributed by atoms with Crippen LogP contribution in [0.15, 0.2) is 24.3 Å². The first-order valence-electron chi connectivity index (χ1n) is 10.3. The molecule has 2 heterocycles. The number of piperazine rings is 1. The van der Waals surface area contributed by atoms with Crippen molar-refractivity contribution >= 4 is 17.5 Å². The largest absolute Gasteiger partial charge is 0.339 e. The first kappa shape index (κ1) is 19.8. The summed E-state index contributed by atoms with van der Waals surface area (Å²) in [7, 11) is 0. The van der Waals surface area contributed by atoms with Gasteiger partial charge in [-0.15, -0.1) is 0 Å². The van der Waals surface area contributed by atoms with Gasteiger partial charge in [0.05, 0.1) is 13.1 Å². The molecule has 0 saturated carbocycles. The number of carbonyl (C=O) groups excluding carboxylic acids is 2. The molecule has 27 heavy (non-hydrogen) atoms. The van der Waals surface area contributed by atoms with Crippen molar-refractivity contribution in [3.8, 4) is 0 Å². The van der Waals surface area contributed by atoms with Gasteiger partial charge in [-0.1, -0.05) is 31.5 Å². The van der Waals surface area contributed by atoms with E-state index in [1.807, 2.05) is 29.2 Å². The lowest BCUT2D eigenvalue weighted by Gasteiger charge is -2.36. The average molecular weight is 373 g/mol. The number of para-hydroxylation sites is 1. The molecule has 1 aromatic carbocycles. The first-order valence-corrected chi connectivity index (χ1v) is 10.3. The molecule has 6 heteroatoms. The topological polar surface area (TPSA) is 55.9 Å². The number of aryl methyl sites for hydroxylation is 1. The molecule has 2 fully saturated rings. The molecule has 6 nitrogen and oxygen atoms in total. The Bertz CT molecular complexity index is 635. The molecule has 0 bridgehead atoms. The second-order valence-electron chi connectivity index (χ2n) is 7.55. The second-order valence-corrected chi connectivity index (χ2v) is 7.55.